The van der Waals surface area contributed by atoms with E-state index in [9.17, 15) is 9.59 Å². The van der Waals surface area contributed by atoms with Crippen LogP contribution in [0.25, 0.3) is 0 Å². The largest absolute Gasteiger partial charge is 0.496 e. The molecule has 0 bridgehead atoms. The maximum atomic E-state index is 12.6. The number of carbonyl (C=O) groups excluding carboxylic acids is 2. The first-order valence-corrected chi connectivity index (χ1v) is 8.24. The summed E-state index contributed by atoms with van der Waals surface area (Å²) >= 11 is 11.9. The molecular formula is C18H14Cl2O5. The number of methoxy groups -OCH3 is 1. The first-order valence-electron chi connectivity index (χ1n) is 7.48. The van der Waals surface area contributed by atoms with Crippen LogP contribution in [0.4, 0.5) is 0 Å². The molecule has 3 rings (SSSR count). The lowest BCUT2D eigenvalue weighted by Crippen LogP contribution is -2.23. The van der Waals surface area contributed by atoms with Crippen LogP contribution in [-0.4, -0.2) is 19.0 Å². The fourth-order valence-electron chi connectivity index (χ4n) is 2.69. The topological polar surface area (TPSA) is 61.8 Å². The van der Waals surface area contributed by atoms with Crippen LogP contribution in [0.2, 0.25) is 10.0 Å². The standard InChI is InChI=1S/C18H14Cl2O5/c1-23-14-5-3-2-4-11(14)17-12(9-16(21)25-17)18(22)24-15-7-6-10(19)8-13(15)20/h2-8,12,17H,9H2,1H3. The van der Waals surface area contributed by atoms with Crippen LogP contribution in [0.3, 0.4) is 0 Å². The zero-order valence-corrected chi connectivity index (χ0v) is 14.7. The number of esters is 2. The summed E-state index contributed by atoms with van der Waals surface area (Å²) in [5.74, 6) is -1.17. The van der Waals surface area contributed by atoms with Gasteiger partial charge in [-0.1, -0.05) is 41.4 Å². The molecule has 0 amide bonds. The number of hydrogen-bond donors (Lipinski definition) is 0. The van der Waals surface area contributed by atoms with Gasteiger partial charge >= 0.3 is 11.9 Å². The lowest BCUT2D eigenvalue weighted by molar-refractivity contribution is -0.143. The Labute approximate surface area is 154 Å². The van der Waals surface area contributed by atoms with E-state index in [1.807, 2.05) is 0 Å². The van der Waals surface area contributed by atoms with E-state index in [-0.39, 0.29) is 17.2 Å². The molecule has 1 aliphatic rings. The van der Waals surface area contributed by atoms with Gasteiger partial charge in [-0.05, 0) is 24.3 Å². The second kappa shape index (κ2) is 7.33. The third-order valence-electron chi connectivity index (χ3n) is 3.86. The molecule has 130 valence electrons. The molecule has 2 unspecified atom stereocenters. The molecule has 5 nitrogen and oxygen atoms in total. The van der Waals surface area contributed by atoms with Crippen LogP contribution < -0.4 is 9.47 Å². The summed E-state index contributed by atoms with van der Waals surface area (Å²) in [5, 5.41) is 0.635. The maximum absolute atomic E-state index is 12.6. The number of ether oxygens (including phenoxy) is 3. The lowest BCUT2D eigenvalue weighted by atomic mass is 9.94. The van der Waals surface area contributed by atoms with Gasteiger partial charge in [0, 0.05) is 10.6 Å². The summed E-state index contributed by atoms with van der Waals surface area (Å²) in [4.78, 5) is 24.4. The molecule has 0 radical (unpaired) electrons. The van der Waals surface area contributed by atoms with Crippen molar-refractivity contribution in [2.45, 2.75) is 12.5 Å². The number of cyclic esters (lactones) is 1. The second-order valence-corrected chi connectivity index (χ2v) is 6.30. The normalized spacial score (nSPS) is 19.4. The molecular weight excluding hydrogens is 367 g/mol. The number of para-hydroxylation sites is 1. The van der Waals surface area contributed by atoms with E-state index >= 15 is 0 Å². The molecule has 7 heteroatoms. The minimum Gasteiger partial charge on any atom is -0.496 e. The molecule has 1 aliphatic heterocycles. The summed E-state index contributed by atoms with van der Waals surface area (Å²) in [6.45, 7) is 0. The first-order chi connectivity index (χ1) is 12.0. The Kier molecular flexibility index (Phi) is 5.16. The van der Waals surface area contributed by atoms with Crippen molar-refractivity contribution in [1.82, 2.24) is 0 Å². The van der Waals surface area contributed by atoms with Crippen molar-refractivity contribution in [2.24, 2.45) is 5.92 Å². The average Bonchev–Trinajstić information content (AvgIpc) is 2.99. The van der Waals surface area contributed by atoms with Crippen molar-refractivity contribution in [1.29, 1.82) is 0 Å². The van der Waals surface area contributed by atoms with Crippen LogP contribution in [-0.2, 0) is 14.3 Å². The van der Waals surface area contributed by atoms with Crippen molar-refractivity contribution < 1.29 is 23.8 Å². The average molecular weight is 381 g/mol. The highest BCUT2D eigenvalue weighted by Crippen LogP contribution is 2.40. The molecule has 0 aliphatic carbocycles. The minimum absolute atomic E-state index is 0.0766. The fraction of sp³-hybridized carbons (Fsp3) is 0.222. The van der Waals surface area contributed by atoms with Crippen LogP contribution in [0.15, 0.2) is 42.5 Å². The minimum atomic E-state index is -0.796. The van der Waals surface area contributed by atoms with Gasteiger partial charge in [0.2, 0.25) is 0 Å². The van der Waals surface area contributed by atoms with Gasteiger partial charge in [0.1, 0.15) is 23.5 Å². The molecule has 0 N–H and O–H groups in total. The lowest BCUT2D eigenvalue weighted by Gasteiger charge is -2.19. The summed E-state index contributed by atoms with van der Waals surface area (Å²) in [6, 6.07) is 11.6. The highest BCUT2D eigenvalue weighted by Gasteiger charge is 2.43. The third kappa shape index (κ3) is 3.72. The number of hydrogen-bond acceptors (Lipinski definition) is 5. The molecule has 1 heterocycles. The van der Waals surface area contributed by atoms with Crippen LogP contribution >= 0.6 is 23.2 Å². The van der Waals surface area contributed by atoms with Gasteiger partial charge in [0.05, 0.1) is 18.6 Å². The number of rotatable bonds is 4. The SMILES string of the molecule is COc1ccccc1C1OC(=O)CC1C(=O)Oc1ccc(Cl)cc1Cl. The predicted octanol–water partition coefficient (Wildman–Crippen LogP) is 4.21. The zero-order chi connectivity index (χ0) is 18.0. The number of halogens is 2. The molecule has 0 spiro atoms. The molecule has 1 saturated heterocycles. The Bertz CT molecular complexity index is 821. The summed E-state index contributed by atoms with van der Waals surface area (Å²) in [7, 11) is 1.51. The van der Waals surface area contributed by atoms with E-state index in [4.69, 9.17) is 37.4 Å². The molecule has 25 heavy (non-hydrogen) atoms. The first kappa shape index (κ1) is 17.6. The van der Waals surface area contributed by atoms with Gasteiger partial charge in [-0.25, -0.2) is 0 Å². The highest BCUT2D eigenvalue weighted by molar-refractivity contribution is 6.35. The van der Waals surface area contributed by atoms with Crippen molar-refractivity contribution in [2.75, 3.05) is 7.11 Å². The van der Waals surface area contributed by atoms with E-state index < -0.39 is 24.0 Å². The Morgan fingerprint density at radius 3 is 2.64 bits per heavy atom. The number of benzene rings is 2. The van der Waals surface area contributed by atoms with Gasteiger partial charge in [0.25, 0.3) is 0 Å². The van der Waals surface area contributed by atoms with Crippen molar-refractivity contribution in [3.8, 4) is 11.5 Å². The van der Waals surface area contributed by atoms with Gasteiger partial charge < -0.3 is 14.2 Å². The Morgan fingerprint density at radius 2 is 1.92 bits per heavy atom. The Hall–Kier alpha value is -2.24. The zero-order valence-electron chi connectivity index (χ0n) is 13.2. The van der Waals surface area contributed by atoms with E-state index in [2.05, 4.69) is 0 Å². The smallest absolute Gasteiger partial charge is 0.319 e. The third-order valence-corrected chi connectivity index (χ3v) is 4.39. The monoisotopic (exact) mass is 380 g/mol. The van der Waals surface area contributed by atoms with Crippen molar-refractivity contribution in [3.05, 3.63) is 58.1 Å². The second-order valence-electron chi connectivity index (χ2n) is 5.46. The summed E-state index contributed by atoms with van der Waals surface area (Å²) < 4.78 is 16.0. The van der Waals surface area contributed by atoms with Crippen molar-refractivity contribution in [3.63, 3.8) is 0 Å². The fourth-order valence-corrected chi connectivity index (χ4v) is 3.14. The molecule has 1 fully saturated rings. The predicted molar refractivity (Wildman–Crippen MR) is 92.0 cm³/mol. The van der Waals surface area contributed by atoms with E-state index in [1.165, 1.54) is 19.2 Å². The van der Waals surface area contributed by atoms with E-state index in [0.717, 1.165) is 0 Å². The summed E-state index contributed by atoms with van der Waals surface area (Å²) in [6.07, 6.45) is -0.852. The molecule has 0 aromatic heterocycles. The van der Waals surface area contributed by atoms with Crippen LogP contribution in [0.5, 0.6) is 11.5 Å². The molecule has 0 saturated carbocycles. The number of carbonyl (C=O) groups is 2. The van der Waals surface area contributed by atoms with Gasteiger partial charge in [-0.3, -0.25) is 9.59 Å². The van der Waals surface area contributed by atoms with Crippen LogP contribution in [0, 0.1) is 5.92 Å². The Morgan fingerprint density at radius 1 is 1.16 bits per heavy atom. The Balaban J connectivity index is 1.86. The maximum Gasteiger partial charge on any atom is 0.319 e. The molecule has 2 aromatic carbocycles. The van der Waals surface area contributed by atoms with Gasteiger partial charge in [-0.2, -0.15) is 0 Å². The molecule has 2 aromatic rings. The quantitative estimate of drug-likeness (QED) is 0.587. The van der Waals surface area contributed by atoms with E-state index in [1.54, 1.807) is 30.3 Å². The summed E-state index contributed by atoms with van der Waals surface area (Å²) in [5.41, 5.74) is 0.611. The molecule has 2 atom stereocenters. The van der Waals surface area contributed by atoms with Gasteiger partial charge in [-0.15, -0.1) is 0 Å². The highest BCUT2D eigenvalue weighted by atomic mass is 35.5. The van der Waals surface area contributed by atoms with E-state index in [0.29, 0.717) is 16.3 Å². The van der Waals surface area contributed by atoms with Crippen LogP contribution in [0.1, 0.15) is 18.1 Å². The van der Waals surface area contributed by atoms with Crippen molar-refractivity contribution >= 4 is 35.1 Å². The van der Waals surface area contributed by atoms with Gasteiger partial charge in [0.15, 0.2) is 0 Å².